The molecule has 9 nitrogen and oxygen atoms in total. The number of Topliss-reactive ketones (excluding diaryl/α,β-unsaturated/α-hetero) is 1. The number of likely N-dealkylation sites (tertiary alicyclic amines) is 1. The normalized spacial score (nSPS) is 16.5. The number of aliphatic hydroxyl groups is 1. The molecule has 0 spiro atoms. The van der Waals surface area contributed by atoms with E-state index in [-0.39, 0.29) is 29.2 Å². The Morgan fingerprint density at radius 3 is 2.08 bits per heavy atom. The molecule has 0 saturated carbocycles. The Morgan fingerprint density at radius 1 is 0.865 bits per heavy atom. The molecule has 9 heteroatoms. The van der Waals surface area contributed by atoms with Crippen LogP contribution in [-0.4, -0.2) is 54.1 Å². The summed E-state index contributed by atoms with van der Waals surface area (Å²) < 4.78 is 15.3. The number of nitrogens with zero attached hydrogens (tertiary/aromatic N) is 1. The van der Waals surface area contributed by atoms with Crippen molar-refractivity contribution in [1.82, 2.24) is 4.90 Å². The first-order chi connectivity index (χ1) is 17.8. The van der Waals surface area contributed by atoms with E-state index in [9.17, 15) is 24.6 Å². The minimum atomic E-state index is -0.936. The third kappa shape index (κ3) is 4.84. The lowest BCUT2D eigenvalue weighted by Crippen LogP contribution is -2.29. The molecule has 0 aromatic heterocycles. The third-order valence-corrected chi connectivity index (χ3v) is 6.13. The summed E-state index contributed by atoms with van der Waals surface area (Å²) in [6, 6.07) is 16.2. The van der Waals surface area contributed by atoms with Crippen LogP contribution in [0.15, 0.2) is 72.3 Å². The molecule has 1 atom stereocenters. The fraction of sp³-hybridized carbons (Fsp3) is 0.179. The molecule has 1 aliphatic rings. The number of methoxy groups -OCH3 is 3. The molecule has 4 rings (SSSR count). The molecule has 1 aliphatic heterocycles. The van der Waals surface area contributed by atoms with E-state index < -0.39 is 23.7 Å². The van der Waals surface area contributed by atoms with Crippen molar-refractivity contribution in [3.8, 4) is 17.2 Å². The van der Waals surface area contributed by atoms with Crippen molar-refractivity contribution in [3.63, 3.8) is 0 Å². The maximum Gasteiger partial charge on any atom is 0.337 e. The van der Waals surface area contributed by atoms with E-state index in [0.717, 1.165) is 0 Å². The van der Waals surface area contributed by atoms with Crippen LogP contribution in [0.2, 0.25) is 0 Å². The Labute approximate surface area is 213 Å². The lowest BCUT2D eigenvalue weighted by molar-refractivity contribution is -0.140. The zero-order valence-electron chi connectivity index (χ0n) is 20.4. The van der Waals surface area contributed by atoms with Gasteiger partial charge in [-0.05, 0) is 53.6 Å². The second-order valence-electron chi connectivity index (χ2n) is 8.28. The Kier molecular flexibility index (Phi) is 7.15. The number of phenolic OH excluding ortho intramolecular Hbond substituents is 1. The highest BCUT2D eigenvalue weighted by atomic mass is 16.5. The SMILES string of the molecule is COC(=O)c1ccc(CN2C(=O)C(=O)/C(=C(\O)c3ccc(OC)c(OC)c3)C2c2ccc(O)cc2)cc1. The average molecular weight is 504 g/mol. The number of amides is 1. The molecule has 0 radical (unpaired) electrons. The molecular weight excluding hydrogens is 478 g/mol. The summed E-state index contributed by atoms with van der Waals surface area (Å²) in [5, 5.41) is 21.1. The number of carbonyl (C=O) groups excluding carboxylic acids is 3. The molecular formula is C28H25NO8. The summed E-state index contributed by atoms with van der Waals surface area (Å²) in [7, 11) is 4.21. The maximum absolute atomic E-state index is 13.3. The van der Waals surface area contributed by atoms with E-state index >= 15 is 0 Å². The first-order valence-electron chi connectivity index (χ1n) is 11.3. The van der Waals surface area contributed by atoms with Crippen molar-refractivity contribution < 1.29 is 38.8 Å². The van der Waals surface area contributed by atoms with Gasteiger partial charge >= 0.3 is 5.97 Å². The van der Waals surface area contributed by atoms with Crippen LogP contribution in [-0.2, 0) is 20.9 Å². The third-order valence-electron chi connectivity index (χ3n) is 6.13. The Bertz CT molecular complexity index is 1380. The van der Waals surface area contributed by atoms with Gasteiger partial charge in [0.25, 0.3) is 11.7 Å². The molecule has 2 N–H and O–H groups in total. The number of benzene rings is 3. The molecule has 0 bridgehead atoms. The van der Waals surface area contributed by atoms with Crippen molar-refractivity contribution in [2.75, 3.05) is 21.3 Å². The molecule has 3 aromatic rings. The summed E-state index contributed by atoms with van der Waals surface area (Å²) >= 11 is 0. The quantitative estimate of drug-likeness (QED) is 0.216. The number of esters is 1. The molecule has 1 amide bonds. The van der Waals surface area contributed by atoms with Gasteiger partial charge in [0.05, 0.1) is 38.5 Å². The van der Waals surface area contributed by atoms with Crippen LogP contribution in [0.3, 0.4) is 0 Å². The van der Waals surface area contributed by atoms with Crippen LogP contribution in [0.4, 0.5) is 0 Å². The summed E-state index contributed by atoms with van der Waals surface area (Å²) in [6.07, 6.45) is 0. The summed E-state index contributed by atoms with van der Waals surface area (Å²) in [6.45, 7) is 0.0281. The summed E-state index contributed by atoms with van der Waals surface area (Å²) in [5.41, 5.74) is 1.68. The predicted molar refractivity (Wildman–Crippen MR) is 133 cm³/mol. The van der Waals surface area contributed by atoms with E-state index in [1.807, 2.05) is 0 Å². The van der Waals surface area contributed by atoms with E-state index in [4.69, 9.17) is 14.2 Å². The smallest absolute Gasteiger partial charge is 0.337 e. The lowest BCUT2D eigenvalue weighted by atomic mass is 9.95. The number of rotatable bonds is 7. The van der Waals surface area contributed by atoms with Crippen LogP contribution in [0.25, 0.3) is 5.76 Å². The van der Waals surface area contributed by atoms with Crippen molar-refractivity contribution >= 4 is 23.4 Å². The molecule has 0 aliphatic carbocycles. The zero-order valence-corrected chi connectivity index (χ0v) is 20.4. The Balaban J connectivity index is 1.81. The first kappa shape index (κ1) is 25.3. The van der Waals surface area contributed by atoms with Crippen LogP contribution in [0, 0.1) is 0 Å². The van der Waals surface area contributed by atoms with Crippen molar-refractivity contribution in [3.05, 3.63) is 94.6 Å². The van der Waals surface area contributed by atoms with Crippen molar-refractivity contribution in [2.24, 2.45) is 0 Å². The van der Waals surface area contributed by atoms with Crippen molar-refractivity contribution in [1.29, 1.82) is 0 Å². The Hall–Kier alpha value is -4.79. The van der Waals surface area contributed by atoms with E-state index in [1.54, 1.807) is 48.5 Å². The lowest BCUT2D eigenvalue weighted by Gasteiger charge is -2.25. The molecule has 1 saturated heterocycles. The molecule has 190 valence electrons. The fourth-order valence-electron chi connectivity index (χ4n) is 4.25. The topological polar surface area (TPSA) is 123 Å². The second-order valence-corrected chi connectivity index (χ2v) is 8.28. The second kappa shape index (κ2) is 10.4. The number of hydrogen-bond acceptors (Lipinski definition) is 8. The number of ketones is 1. The number of aromatic hydroxyl groups is 1. The number of aliphatic hydroxyl groups excluding tert-OH is 1. The van der Waals surface area contributed by atoms with Gasteiger partial charge in [-0.15, -0.1) is 0 Å². The van der Waals surface area contributed by atoms with Crippen LogP contribution < -0.4 is 9.47 Å². The zero-order chi connectivity index (χ0) is 26.7. The predicted octanol–water partition coefficient (Wildman–Crippen LogP) is 3.82. The maximum atomic E-state index is 13.3. The van der Waals surface area contributed by atoms with Gasteiger partial charge in [0.15, 0.2) is 11.5 Å². The van der Waals surface area contributed by atoms with Crippen molar-refractivity contribution in [2.45, 2.75) is 12.6 Å². The molecule has 3 aromatic carbocycles. The van der Waals surface area contributed by atoms with Gasteiger partial charge in [-0.3, -0.25) is 9.59 Å². The number of carbonyl (C=O) groups is 3. The monoisotopic (exact) mass is 503 g/mol. The fourth-order valence-corrected chi connectivity index (χ4v) is 4.25. The standard InChI is InChI=1S/C28H25NO8/c1-35-21-13-10-19(14-22(21)36-2)25(31)23-24(17-8-11-20(30)12-9-17)29(27(33)26(23)32)15-16-4-6-18(7-5-16)28(34)37-3/h4-14,24,30-31H,15H2,1-3H3/b25-23-. The minimum Gasteiger partial charge on any atom is -0.508 e. The van der Waals surface area contributed by atoms with Crippen LogP contribution >= 0.6 is 0 Å². The highest BCUT2D eigenvalue weighted by Crippen LogP contribution is 2.41. The van der Waals surface area contributed by atoms with Gasteiger partial charge in [0, 0.05) is 12.1 Å². The largest absolute Gasteiger partial charge is 0.508 e. The number of hydrogen-bond donors (Lipinski definition) is 2. The molecule has 1 fully saturated rings. The van der Waals surface area contributed by atoms with Gasteiger partial charge in [0.1, 0.15) is 11.5 Å². The van der Waals surface area contributed by atoms with Gasteiger partial charge < -0.3 is 29.3 Å². The van der Waals surface area contributed by atoms with Crippen LogP contribution in [0.5, 0.6) is 17.2 Å². The summed E-state index contributed by atoms with van der Waals surface area (Å²) in [5.74, 6) is -1.72. The van der Waals surface area contributed by atoms with E-state index in [1.165, 1.54) is 44.4 Å². The highest BCUT2D eigenvalue weighted by molar-refractivity contribution is 6.46. The molecule has 1 heterocycles. The van der Waals surface area contributed by atoms with Gasteiger partial charge in [0.2, 0.25) is 0 Å². The Morgan fingerprint density at radius 2 is 1.49 bits per heavy atom. The van der Waals surface area contributed by atoms with Gasteiger partial charge in [-0.1, -0.05) is 24.3 Å². The van der Waals surface area contributed by atoms with Gasteiger partial charge in [-0.2, -0.15) is 0 Å². The highest BCUT2D eigenvalue weighted by Gasteiger charge is 2.46. The van der Waals surface area contributed by atoms with E-state index in [2.05, 4.69) is 0 Å². The van der Waals surface area contributed by atoms with Crippen LogP contribution in [0.1, 0.15) is 33.1 Å². The van der Waals surface area contributed by atoms with Gasteiger partial charge in [-0.25, -0.2) is 4.79 Å². The minimum absolute atomic E-state index is 0.0130. The summed E-state index contributed by atoms with van der Waals surface area (Å²) in [4.78, 5) is 39.6. The van der Waals surface area contributed by atoms with E-state index in [0.29, 0.717) is 28.2 Å². The average Bonchev–Trinajstić information content (AvgIpc) is 3.17. The number of ether oxygens (including phenoxy) is 3. The number of phenols is 1. The first-order valence-corrected chi connectivity index (χ1v) is 11.3. The molecule has 1 unspecified atom stereocenters. The molecule has 37 heavy (non-hydrogen) atoms.